The molecule has 0 aromatic carbocycles. The largest absolute Gasteiger partial charge is 0.462 e. The zero-order valence-corrected chi connectivity index (χ0v) is 23.3. The Hall–Kier alpha value is -3.66. The normalized spacial score (nSPS) is 23.0. The van der Waals surface area contributed by atoms with Gasteiger partial charge in [0.1, 0.15) is 29.1 Å². The lowest BCUT2D eigenvalue weighted by molar-refractivity contribution is -0.178. The Labute approximate surface area is 231 Å². The quantitative estimate of drug-likeness (QED) is 0.0692. The van der Waals surface area contributed by atoms with Crippen LogP contribution in [-0.4, -0.2) is 87.6 Å². The molecule has 2 saturated heterocycles. The van der Waals surface area contributed by atoms with Gasteiger partial charge in [-0.1, -0.05) is 17.3 Å². The van der Waals surface area contributed by atoms with Gasteiger partial charge in [-0.25, -0.2) is 4.98 Å². The highest BCUT2D eigenvalue weighted by molar-refractivity contribution is 8.00. The third-order valence-corrected chi connectivity index (χ3v) is 7.91. The second-order valence-electron chi connectivity index (χ2n) is 9.73. The van der Waals surface area contributed by atoms with Gasteiger partial charge in [-0.05, 0) is 20.8 Å². The molecule has 16 heteroatoms. The van der Waals surface area contributed by atoms with Crippen molar-refractivity contribution in [1.29, 1.82) is 0 Å². The zero-order valence-electron chi connectivity index (χ0n) is 21.7. The first-order chi connectivity index (χ1) is 18.3. The van der Waals surface area contributed by atoms with Crippen LogP contribution in [0.15, 0.2) is 22.7 Å². The summed E-state index contributed by atoms with van der Waals surface area (Å²) in [5.41, 5.74) is 3.11. The van der Waals surface area contributed by atoms with Crippen LogP contribution in [0.4, 0.5) is 5.13 Å². The first kappa shape index (κ1) is 29.9. The Morgan fingerprint density at radius 2 is 2.03 bits per heavy atom. The van der Waals surface area contributed by atoms with Gasteiger partial charge in [0.2, 0.25) is 12.7 Å². The number of aromatic nitrogens is 1. The van der Waals surface area contributed by atoms with Crippen LogP contribution in [0.3, 0.4) is 0 Å². The molecule has 0 radical (unpaired) electrons. The van der Waals surface area contributed by atoms with Gasteiger partial charge in [0.05, 0.1) is 5.41 Å². The molecule has 2 amide bonds. The Morgan fingerprint density at radius 1 is 1.31 bits per heavy atom. The number of rotatable bonds is 9. The summed E-state index contributed by atoms with van der Waals surface area (Å²) < 4.78 is 15.2. The van der Waals surface area contributed by atoms with Crippen molar-refractivity contribution in [1.82, 2.24) is 15.2 Å². The van der Waals surface area contributed by atoms with Gasteiger partial charge in [0, 0.05) is 24.6 Å². The van der Waals surface area contributed by atoms with Crippen LogP contribution < -0.4 is 11.1 Å². The number of nitrogen functional groups attached to an aromatic ring is 1. The summed E-state index contributed by atoms with van der Waals surface area (Å²) >= 11 is 2.27. The number of amides is 2. The molecular weight excluding hydrogens is 554 g/mol. The maximum absolute atomic E-state index is 13.2. The molecule has 14 nitrogen and oxygen atoms in total. The number of nitrogens with zero attached hydrogens (tertiary/aromatic N) is 3. The smallest absolute Gasteiger partial charge is 0.321 e. The molecule has 39 heavy (non-hydrogen) atoms. The topological polar surface area (TPSA) is 200 Å². The Bertz CT molecular complexity index is 1210. The molecule has 2 aliphatic heterocycles. The van der Waals surface area contributed by atoms with Gasteiger partial charge < -0.3 is 35.4 Å². The molecule has 2 aliphatic rings. The molecule has 4 N–H and O–H groups in total. The van der Waals surface area contributed by atoms with Gasteiger partial charge in [-0.15, -0.1) is 23.1 Å². The van der Waals surface area contributed by atoms with Crippen molar-refractivity contribution in [2.24, 2.45) is 16.0 Å². The lowest BCUT2D eigenvalue weighted by atomic mass is 9.86. The summed E-state index contributed by atoms with van der Waals surface area (Å²) in [6.45, 7) is 5.39. The molecule has 0 bridgehead atoms. The first-order valence-corrected chi connectivity index (χ1v) is 13.5. The van der Waals surface area contributed by atoms with Crippen LogP contribution in [0.5, 0.6) is 0 Å². The SMILES string of the molecule is CC(=O)OCC=CC1(C(=O)OCOC(=O)C(C)(C)C)CS[C@@H]2C(NC(=O)C(=NO)c3csc(N)n3)C(=O)N2C1. The summed E-state index contributed by atoms with van der Waals surface area (Å²) in [6.07, 6.45) is 2.97. The number of anilines is 1. The second-order valence-corrected chi connectivity index (χ2v) is 11.7. The van der Waals surface area contributed by atoms with Crippen molar-refractivity contribution in [3.63, 3.8) is 0 Å². The number of nitrogens with two attached hydrogens (primary N) is 1. The van der Waals surface area contributed by atoms with E-state index in [2.05, 4.69) is 15.5 Å². The molecule has 212 valence electrons. The number of thiazole rings is 1. The molecule has 1 aromatic rings. The van der Waals surface area contributed by atoms with Crippen molar-refractivity contribution in [2.45, 2.75) is 39.1 Å². The van der Waals surface area contributed by atoms with Crippen LogP contribution in [0.2, 0.25) is 0 Å². The van der Waals surface area contributed by atoms with Crippen LogP contribution >= 0.6 is 23.1 Å². The van der Waals surface area contributed by atoms with Crippen LogP contribution in [0.25, 0.3) is 0 Å². The number of carbonyl (C=O) groups is 5. The number of hydrogen-bond donors (Lipinski definition) is 3. The summed E-state index contributed by atoms with van der Waals surface area (Å²) in [6, 6.07) is -0.943. The number of ether oxygens (including phenoxy) is 3. The summed E-state index contributed by atoms with van der Waals surface area (Å²) in [5.74, 6) is -2.97. The fourth-order valence-electron chi connectivity index (χ4n) is 3.64. The Morgan fingerprint density at radius 3 is 2.62 bits per heavy atom. The van der Waals surface area contributed by atoms with Crippen molar-refractivity contribution < 1.29 is 43.4 Å². The van der Waals surface area contributed by atoms with Gasteiger partial charge in [0.15, 0.2) is 10.8 Å². The number of thioether (sulfide) groups is 1. The average molecular weight is 584 g/mol. The van der Waals surface area contributed by atoms with E-state index in [1.54, 1.807) is 20.8 Å². The van der Waals surface area contributed by atoms with Crippen LogP contribution in [0.1, 0.15) is 33.4 Å². The van der Waals surface area contributed by atoms with E-state index in [9.17, 15) is 29.2 Å². The van der Waals surface area contributed by atoms with Crippen molar-refractivity contribution >= 4 is 63.7 Å². The minimum absolute atomic E-state index is 0.0595. The molecule has 0 saturated carbocycles. The van der Waals surface area contributed by atoms with Crippen LogP contribution in [0, 0.1) is 10.8 Å². The highest BCUT2D eigenvalue weighted by Gasteiger charge is 2.57. The van der Waals surface area contributed by atoms with E-state index in [0.717, 1.165) is 11.3 Å². The van der Waals surface area contributed by atoms with E-state index in [1.165, 1.54) is 41.1 Å². The van der Waals surface area contributed by atoms with E-state index in [-0.39, 0.29) is 29.7 Å². The highest BCUT2D eigenvalue weighted by Crippen LogP contribution is 2.43. The molecule has 3 rings (SSSR count). The fraction of sp³-hybridized carbons (Fsp3) is 0.522. The highest BCUT2D eigenvalue weighted by atomic mass is 32.2. The number of esters is 3. The second kappa shape index (κ2) is 12.0. The van der Waals surface area contributed by atoms with Crippen molar-refractivity contribution in [2.75, 3.05) is 31.4 Å². The minimum Gasteiger partial charge on any atom is -0.462 e. The molecule has 1 aromatic heterocycles. The predicted octanol–water partition coefficient (Wildman–Crippen LogP) is 0.499. The van der Waals surface area contributed by atoms with Gasteiger partial charge >= 0.3 is 17.9 Å². The summed E-state index contributed by atoms with van der Waals surface area (Å²) in [4.78, 5) is 67.2. The standard InChI is InChI=1S/C23H29N5O9S2/c1-12(29)35-7-5-6-23(20(33)37-11-36-19(32)22(2,3)4)9-28-17(31)15(18(28)39-10-23)26-16(30)14(27-34)13-8-38-21(24)25-13/h5-6,8,15,18,34H,7,9-11H2,1-4H3,(H2,24,25)(H,26,30)/t15?,18-,23?/m1/s1. The lowest BCUT2D eigenvalue weighted by Crippen LogP contribution is -2.74. The van der Waals surface area contributed by atoms with Gasteiger partial charge in [-0.2, -0.15) is 0 Å². The molecule has 2 fully saturated rings. The molecule has 3 heterocycles. The van der Waals surface area contributed by atoms with E-state index >= 15 is 0 Å². The summed E-state index contributed by atoms with van der Waals surface area (Å²) in [5, 5.41) is 15.9. The Balaban J connectivity index is 1.69. The molecular formula is C23H29N5O9S2. The third-order valence-electron chi connectivity index (χ3n) is 5.69. The number of nitrogens with one attached hydrogen (secondary N) is 1. The maximum atomic E-state index is 13.2. The van der Waals surface area contributed by atoms with Gasteiger partial charge in [-0.3, -0.25) is 24.0 Å². The molecule has 0 aliphatic carbocycles. The van der Waals surface area contributed by atoms with E-state index in [4.69, 9.17) is 19.9 Å². The molecule has 3 atom stereocenters. The van der Waals surface area contributed by atoms with Gasteiger partial charge in [0.25, 0.3) is 5.91 Å². The van der Waals surface area contributed by atoms with E-state index in [0.29, 0.717) is 0 Å². The summed E-state index contributed by atoms with van der Waals surface area (Å²) in [7, 11) is 0. The Kier molecular flexibility index (Phi) is 9.22. The predicted molar refractivity (Wildman–Crippen MR) is 139 cm³/mol. The van der Waals surface area contributed by atoms with Crippen molar-refractivity contribution in [3.05, 3.63) is 23.2 Å². The molecule has 0 spiro atoms. The minimum atomic E-state index is -1.34. The molecule has 2 unspecified atom stereocenters. The fourth-order valence-corrected chi connectivity index (χ4v) is 5.70. The average Bonchev–Trinajstić information content (AvgIpc) is 3.30. The third kappa shape index (κ3) is 6.86. The monoisotopic (exact) mass is 583 g/mol. The van der Waals surface area contributed by atoms with E-state index < -0.39 is 64.5 Å². The van der Waals surface area contributed by atoms with E-state index in [1.807, 2.05) is 0 Å². The number of fused-ring (bicyclic) bond motifs is 1. The number of β-lactam (4-membered cyclic amide) rings is 1. The zero-order chi connectivity index (χ0) is 29.0. The number of oxime groups is 1. The van der Waals surface area contributed by atoms with Crippen molar-refractivity contribution in [3.8, 4) is 0 Å². The lowest BCUT2D eigenvalue weighted by Gasteiger charge is -2.53. The number of hydrogen-bond acceptors (Lipinski definition) is 14. The number of carbonyl (C=O) groups excluding carboxylic acids is 5. The first-order valence-electron chi connectivity index (χ1n) is 11.6. The van der Waals surface area contributed by atoms with Crippen LogP contribution in [-0.2, 0) is 38.2 Å². The maximum Gasteiger partial charge on any atom is 0.321 e.